The number of anilines is 1. The van der Waals surface area contributed by atoms with Gasteiger partial charge in [-0.05, 0) is 48.0 Å². The van der Waals surface area contributed by atoms with Crippen LogP contribution in [0.4, 0.5) is 15.8 Å². The Morgan fingerprint density at radius 2 is 1.68 bits per heavy atom. The summed E-state index contributed by atoms with van der Waals surface area (Å²) in [6, 6.07) is 17.0. The lowest BCUT2D eigenvalue weighted by Crippen LogP contribution is -2.29. The Morgan fingerprint density at radius 1 is 0.968 bits per heavy atom. The lowest BCUT2D eigenvalue weighted by atomic mass is 9.98. The van der Waals surface area contributed by atoms with Crippen LogP contribution in [0.25, 0.3) is 11.0 Å². The number of hydrogen-bond acceptors (Lipinski definition) is 5. The number of nitro benzene ring substituents is 1. The van der Waals surface area contributed by atoms with Crippen LogP contribution in [0.5, 0.6) is 0 Å². The third-order valence-corrected chi connectivity index (χ3v) is 5.29. The summed E-state index contributed by atoms with van der Waals surface area (Å²) in [5.41, 5.74) is 0.552. The number of para-hydroxylation sites is 1. The summed E-state index contributed by atoms with van der Waals surface area (Å²) in [5, 5.41) is 11.1. The molecular formula is C23H13FN2O5. The van der Waals surface area contributed by atoms with E-state index in [0.717, 1.165) is 12.1 Å². The van der Waals surface area contributed by atoms with Gasteiger partial charge in [0.1, 0.15) is 11.4 Å². The minimum atomic E-state index is -0.880. The summed E-state index contributed by atoms with van der Waals surface area (Å²) >= 11 is 0. The first-order chi connectivity index (χ1) is 15.0. The Bertz CT molecular complexity index is 1410. The molecule has 0 radical (unpaired) electrons. The zero-order valence-corrected chi connectivity index (χ0v) is 15.8. The fourth-order valence-corrected chi connectivity index (χ4v) is 3.89. The Hall–Kier alpha value is -4.33. The highest BCUT2D eigenvalue weighted by Crippen LogP contribution is 2.41. The Balaban J connectivity index is 1.79. The van der Waals surface area contributed by atoms with Gasteiger partial charge >= 0.3 is 0 Å². The van der Waals surface area contributed by atoms with Crippen LogP contribution in [0.1, 0.15) is 27.7 Å². The van der Waals surface area contributed by atoms with Gasteiger partial charge in [0.2, 0.25) is 5.76 Å². The molecular weight excluding hydrogens is 403 g/mol. The zero-order valence-electron chi connectivity index (χ0n) is 15.8. The number of amides is 1. The van der Waals surface area contributed by atoms with E-state index >= 15 is 0 Å². The SMILES string of the molecule is O=C1c2oc3ccc(F)cc3c(=O)c2C(c2ccc([N+](=O)[O-])cc2)N1c1ccccc1. The second kappa shape index (κ2) is 6.88. The molecule has 1 aliphatic heterocycles. The van der Waals surface area contributed by atoms with Crippen molar-refractivity contribution in [3.63, 3.8) is 0 Å². The van der Waals surface area contributed by atoms with E-state index in [1.807, 2.05) is 0 Å². The maximum Gasteiger partial charge on any atom is 0.295 e. The molecule has 2 heterocycles. The van der Waals surface area contributed by atoms with Crippen LogP contribution in [0.3, 0.4) is 0 Å². The second-order valence-corrected chi connectivity index (χ2v) is 7.08. The molecule has 1 amide bonds. The van der Waals surface area contributed by atoms with E-state index in [1.165, 1.54) is 35.2 Å². The monoisotopic (exact) mass is 416 g/mol. The molecule has 3 aromatic carbocycles. The standard InChI is InChI=1S/C23H13FN2O5/c24-14-8-11-18-17(12-14)21(27)19-20(13-6-9-16(10-7-13)26(29)30)25(23(28)22(19)31-18)15-4-2-1-3-5-15/h1-12,20H. The van der Waals surface area contributed by atoms with Crippen molar-refractivity contribution >= 4 is 28.3 Å². The van der Waals surface area contributed by atoms with Gasteiger partial charge in [-0.2, -0.15) is 0 Å². The van der Waals surface area contributed by atoms with E-state index in [2.05, 4.69) is 0 Å². The molecule has 1 atom stereocenters. The number of carbonyl (C=O) groups is 1. The Morgan fingerprint density at radius 3 is 2.35 bits per heavy atom. The smallest absolute Gasteiger partial charge is 0.295 e. The first-order valence-corrected chi connectivity index (χ1v) is 9.35. The number of nitrogens with zero attached hydrogens (tertiary/aromatic N) is 2. The molecule has 0 saturated carbocycles. The summed E-state index contributed by atoms with van der Waals surface area (Å²) in [6.45, 7) is 0. The van der Waals surface area contributed by atoms with Crippen molar-refractivity contribution in [2.24, 2.45) is 0 Å². The molecule has 0 bridgehead atoms. The zero-order chi connectivity index (χ0) is 21.7. The number of benzene rings is 3. The summed E-state index contributed by atoms with van der Waals surface area (Å²) in [5.74, 6) is -1.25. The van der Waals surface area contributed by atoms with Gasteiger partial charge < -0.3 is 4.42 Å². The van der Waals surface area contributed by atoms with Gasteiger partial charge in [0.05, 0.1) is 21.9 Å². The second-order valence-electron chi connectivity index (χ2n) is 7.08. The van der Waals surface area contributed by atoms with E-state index in [1.54, 1.807) is 30.3 Å². The first kappa shape index (κ1) is 18.7. The minimum absolute atomic E-state index is 0.0216. The number of carbonyl (C=O) groups excluding carboxylic acids is 1. The molecule has 1 aromatic heterocycles. The molecule has 152 valence electrons. The molecule has 8 heteroatoms. The van der Waals surface area contributed by atoms with Gasteiger partial charge in [-0.25, -0.2) is 4.39 Å². The van der Waals surface area contributed by atoms with Crippen LogP contribution < -0.4 is 10.3 Å². The van der Waals surface area contributed by atoms with Gasteiger partial charge in [-0.15, -0.1) is 0 Å². The van der Waals surface area contributed by atoms with Crippen LogP contribution in [0.2, 0.25) is 0 Å². The predicted octanol–water partition coefficient (Wildman–Crippen LogP) is 4.59. The fourth-order valence-electron chi connectivity index (χ4n) is 3.89. The molecule has 0 N–H and O–H groups in total. The van der Waals surface area contributed by atoms with Crippen molar-refractivity contribution in [1.82, 2.24) is 0 Å². The van der Waals surface area contributed by atoms with Gasteiger partial charge in [0.25, 0.3) is 11.6 Å². The summed E-state index contributed by atoms with van der Waals surface area (Å²) < 4.78 is 19.6. The maximum atomic E-state index is 13.8. The highest BCUT2D eigenvalue weighted by Gasteiger charge is 2.43. The molecule has 7 nitrogen and oxygen atoms in total. The third kappa shape index (κ3) is 2.88. The summed E-state index contributed by atoms with van der Waals surface area (Å²) in [7, 11) is 0. The van der Waals surface area contributed by atoms with Crippen molar-refractivity contribution in [1.29, 1.82) is 0 Å². The van der Waals surface area contributed by atoms with Crippen molar-refractivity contribution in [3.05, 3.63) is 116 Å². The molecule has 0 aliphatic carbocycles. The maximum absolute atomic E-state index is 13.8. The Kier molecular flexibility index (Phi) is 4.14. The first-order valence-electron chi connectivity index (χ1n) is 9.35. The van der Waals surface area contributed by atoms with Crippen LogP contribution in [0, 0.1) is 15.9 Å². The average molecular weight is 416 g/mol. The minimum Gasteiger partial charge on any atom is -0.450 e. The molecule has 1 aliphatic rings. The van der Waals surface area contributed by atoms with Crippen molar-refractivity contribution < 1.29 is 18.5 Å². The lowest BCUT2D eigenvalue weighted by Gasteiger charge is -2.25. The Labute approximate surface area is 174 Å². The molecule has 31 heavy (non-hydrogen) atoms. The summed E-state index contributed by atoms with van der Waals surface area (Å²) in [6.07, 6.45) is 0. The molecule has 1 unspecified atom stereocenters. The van der Waals surface area contributed by atoms with E-state index in [4.69, 9.17) is 4.42 Å². The van der Waals surface area contributed by atoms with Crippen LogP contribution in [-0.4, -0.2) is 10.8 Å². The number of hydrogen-bond donors (Lipinski definition) is 0. The number of fused-ring (bicyclic) bond motifs is 2. The van der Waals surface area contributed by atoms with Crippen LogP contribution in [-0.2, 0) is 0 Å². The normalized spacial score (nSPS) is 15.3. The topological polar surface area (TPSA) is 93.7 Å². The number of halogens is 1. The highest BCUT2D eigenvalue weighted by atomic mass is 19.1. The molecule has 0 spiro atoms. The third-order valence-electron chi connectivity index (χ3n) is 5.29. The van der Waals surface area contributed by atoms with Crippen molar-refractivity contribution in [2.45, 2.75) is 6.04 Å². The quantitative estimate of drug-likeness (QED) is 0.360. The van der Waals surface area contributed by atoms with E-state index in [0.29, 0.717) is 11.3 Å². The molecule has 5 rings (SSSR count). The van der Waals surface area contributed by atoms with Gasteiger partial charge in [0, 0.05) is 17.8 Å². The van der Waals surface area contributed by atoms with Gasteiger partial charge in [-0.1, -0.05) is 18.2 Å². The number of nitro groups is 1. The number of non-ortho nitro benzene ring substituents is 1. The number of rotatable bonds is 3. The van der Waals surface area contributed by atoms with Crippen LogP contribution >= 0.6 is 0 Å². The van der Waals surface area contributed by atoms with Crippen molar-refractivity contribution in [2.75, 3.05) is 4.90 Å². The highest BCUT2D eigenvalue weighted by molar-refractivity contribution is 6.10. The lowest BCUT2D eigenvalue weighted by molar-refractivity contribution is -0.384. The largest absolute Gasteiger partial charge is 0.450 e. The predicted molar refractivity (Wildman–Crippen MR) is 111 cm³/mol. The van der Waals surface area contributed by atoms with Crippen molar-refractivity contribution in [3.8, 4) is 0 Å². The fraction of sp³-hybridized carbons (Fsp3) is 0.0435. The molecule has 0 saturated heterocycles. The van der Waals surface area contributed by atoms with E-state index < -0.39 is 28.1 Å². The van der Waals surface area contributed by atoms with E-state index in [9.17, 15) is 24.1 Å². The van der Waals surface area contributed by atoms with E-state index in [-0.39, 0.29) is 28.0 Å². The van der Waals surface area contributed by atoms with Gasteiger partial charge in [-0.3, -0.25) is 24.6 Å². The average Bonchev–Trinajstić information content (AvgIpc) is 3.07. The molecule has 0 fully saturated rings. The van der Waals surface area contributed by atoms with Crippen LogP contribution in [0.15, 0.2) is 82.0 Å². The summed E-state index contributed by atoms with van der Waals surface area (Å²) in [4.78, 5) is 38.6. The van der Waals surface area contributed by atoms with Gasteiger partial charge in [0.15, 0.2) is 5.43 Å². The molecule has 4 aromatic rings.